The monoisotopic (exact) mass is 277 g/mol. The first-order valence-corrected chi connectivity index (χ1v) is 8.48. The number of aryl methyl sites for hydroxylation is 2. The van der Waals surface area contributed by atoms with Gasteiger partial charge in [-0.3, -0.25) is 0 Å². The van der Waals surface area contributed by atoms with Gasteiger partial charge < -0.3 is 9.88 Å². The molecular formula is C17H31N3. The molecule has 1 aromatic rings. The fourth-order valence-corrected chi connectivity index (χ4v) is 3.53. The molecule has 0 amide bonds. The van der Waals surface area contributed by atoms with E-state index in [1.165, 1.54) is 63.9 Å². The Labute approximate surface area is 124 Å². The maximum atomic E-state index is 4.47. The molecule has 0 radical (unpaired) electrons. The largest absolute Gasteiger partial charge is 0.338 e. The Bertz CT molecular complexity index is 372. The molecule has 2 unspecified atom stereocenters. The van der Waals surface area contributed by atoms with Gasteiger partial charge in [-0.1, -0.05) is 32.6 Å². The number of nitrogens with one attached hydrogen (secondary N) is 1. The lowest BCUT2D eigenvalue weighted by atomic mass is 9.84. The molecule has 3 heteroatoms. The lowest BCUT2D eigenvalue weighted by molar-refractivity contribution is 0.282. The predicted octanol–water partition coefficient (Wildman–Crippen LogP) is 3.55. The maximum Gasteiger partial charge on any atom is 0.108 e. The number of rotatable bonds is 7. The highest BCUT2D eigenvalue weighted by atomic mass is 15.0. The Kier molecular flexibility index (Phi) is 6.58. The standard InChI is InChI=1S/C17H31N3/c1-3-11-18-14-16-8-6-4-5-7-15(16)9-10-17-19-12-13-20(17)2/h12-13,15-16,18H,3-11,14H2,1-2H3. The lowest BCUT2D eigenvalue weighted by Gasteiger charge is -2.25. The van der Waals surface area contributed by atoms with Gasteiger partial charge in [0.05, 0.1) is 0 Å². The third kappa shape index (κ3) is 4.62. The highest BCUT2D eigenvalue weighted by Gasteiger charge is 2.23. The van der Waals surface area contributed by atoms with Crippen LogP contribution >= 0.6 is 0 Å². The van der Waals surface area contributed by atoms with Crippen molar-refractivity contribution < 1.29 is 0 Å². The number of aromatic nitrogens is 2. The summed E-state index contributed by atoms with van der Waals surface area (Å²) >= 11 is 0. The molecule has 2 rings (SSSR count). The van der Waals surface area contributed by atoms with E-state index < -0.39 is 0 Å². The van der Waals surface area contributed by atoms with Crippen molar-refractivity contribution >= 4 is 0 Å². The number of hydrogen-bond donors (Lipinski definition) is 1. The molecule has 0 bridgehead atoms. The van der Waals surface area contributed by atoms with Crippen LogP contribution in [0.1, 0.15) is 57.7 Å². The molecule has 0 spiro atoms. The second-order valence-electron chi connectivity index (χ2n) is 6.36. The van der Waals surface area contributed by atoms with Crippen molar-refractivity contribution in [2.24, 2.45) is 18.9 Å². The van der Waals surface area contributed by atoms with E-state index in [0.29, 0.717) is 0 Å². The van der Waals surface area contributed by atoms with Gasteiger partial charge in [0, 0.05) is 25.9 Å². The van der Waals surface area contributed by atoms with Crippen LogP contribution in [0.3, 0.4) is 0 Å². The number of nitrogens with zero attached hydrogens (tertiary/aromatic N) is 2. The molecule has 1 heterocycles. The van der Waals surface area contributed by atoms with Crippen molar-refractivity contribution in [3.8, 4) is 0 Å². The fourth-order valence-electron chi connectivity index (χ4n) is 3.53. The minimum Gasteiger partial charge on any atom is -0.338 e. The first-order chi connectivity index (χ1) is 9.81. The van der Waals surface area contributed by atoms with Gasteiger partial charge in [-0.25, -0.2) is 4.98 Å². The molecule has 1 fully saturated rings. The van der Waals surface area contributed by atoms with Crippen molar-refractivity contribution in [1.29, 1.82) is 0 Å². The zero-order valence-electron chi connectivity index (χ0n) is 13.3. The molecule has 0 saturated heterocycles. The van der Waals surface area contributed by atoms with Gasteiger partial charge in [0.2, 0.25) is 0 Å². The smallest absolute Gasteiger partial charge is 0.108 e. The van der Waals surface area contributed by atoms with Crippen molar-refractivity contribution in [3.05, 3.63) is 18.2 Å². The molecule has 2 atom stereocenters. The Morgan fingerprint density at radius 2 is 2.05 bits per heavy atom. The summed E-state index contributed by atoms with van der Waals surface area (Å²) in [6.45, 7) is 4.64. The van der Waals surface area contributed by atoms with Crippen molar-refractivity contribution in [3.63, 3.8) is 0 Å². The Morgan fingerprint density at radius 3 is 2.75 bits per heavy atom. The molecule has 20 heavy (non-hydrogen) atoms. The third-order valence-corrected chi connectivity index (χ3v) is 4.81. The van der Waals surface area contributed by atoms with Crippen molar-refractivity contribution in [1.82, 2.24) is 14.9 Å². The summed E-state index contributed by atoms with van der Waals surface area (Å²) in [5.41, 5.74) is 0. The average Bonchev–Trinajstić information content (AvgIpc) is 2.73. The van der Waals surface area contributed by atoms with E-state index in [1.807, 2.05) is 6.20 Å². The van der Waals surface area contributed by atoms with Crippen LogP contribution in [0.15, 0.2) is 12.4 Å². The fraction of sp³-hybridized carbons (Fsp3) is 0.824. The van der Waals surface area contributed by atoms with E-state index in [-0.39, 0.29) is 0 Å². The van der Waals surface area contributed by atoms with E-state index >= 15 is 0 Å². The van der Waals surface area contributed by atoms with E-state index in [4.69, 9.17) is 0 Å². The third-order valence-electron chi connectivity index (χ3n) is 4.81. The summed E-state index contributed by atoms with van der Waals surface area (Å²) in [6, 6.07) is 0. The van der Waals surface area contributed by atoms with Crippen LogP contribution in [0.25, 0.3) is 0 Å². The Balaban J connectivity index is 1.85. The molecule has 1 aliphatic rings. The highest BCUT2D eigenvalue weighted by molar-refractivity contribution is 4.92. The van der Waals surface area contributed by atoms with Crippen LogP contribution in [0.2, 0.25) is 0 Å². The van der Waals surface area contributed by atoms with Crippen LogP contribution in [0.4, 0.5) is 0 Å². The molecule has 0 aliphatic heterocycles. The SMILES string of the molecule is CCCNCC1CCCCCC1CCc1nccn1C. The summed E-state index contributed by atoms with van der Waals surface area (Å²) in [5, 5.41) is 3.65. The summed E-state index contributed by atoms with van der Waals surface area (Å²) in [6.07, 6.45) is 14.8. The van der Waals surface area contributed by atoms with Crippen LogP contribution < -0.4 is 5.32 Å². The predicted molar refractivity (Wildman–Crippen MR) is 84.8 cm³/mol. The normalized spacial score (nSPS) is 23.7. The van der Waals surface area contributed by atoms with E-state index in [0.717, 1.165) is 18.3 Å². The zero-order chi connectivity index (χ0) is 14.2. The van der Waals surface area contributed by atoms with E-state index in [9.17, 15) is 0 Å². The Morgan fingerprint density at radius 1 is 1.25 bits per heavy atom. The molecule has 1 aromatic heterocycles. The second-order valence-corrected chi connectivity index (χ2v) is 6.36. The summed E-state index contributed by atoms with van der Waals surface area (Å²) in [5.74, 6) is 3.01. The van der Waals surface area contributed by atoms with E-state index in [1.54, 1.807) is 0 Å². The van der Waals surface area contributed by atoms with Crippen molar-refractivity contribution in [2.45, 2.75) is 58.3 Å². The highest BCUT2D eigenvalue weighted by Crippen LogP contribution is 2.31. The number of imidazole rings is 1. The minimum atomic E-state index is 0.879. The van der Waals surface area contributed by atoms with E-state index in [2.05, 4.69) is 35.0 Å². The van der Waals surface area contributed by atoms with Gasteiger partial charge in [0.25, 0.3) is 0 Å². The molecule has 3 nitrogen and oxygen atoms in total. The molecular weight excluding hydrogens is 246 g/mol. The van der Waals surface area contributed by atoms with Crippen LogP contribution in [-0.2, 0) is 13.5 Å². The molecule has 1 saturated carbocycles. The van der Waals surface area contributed by atoms with Gasteiger partial charge >= 0.3 is 0 Å². The maximum absolute atomic E-state index is 4.47. The Hall–Kier alpha value is -0.830. The first-order valence-electron chi connectivity index (χ1n) is 8.48. The van der Waals surface area contributed by atoms with Crippen LogP contribution in [0, 0.1) is 11.8 Å². The lowest BCUT2D eigenvalue weighted by Crippen LogP contribution is -2.28. The number of hydrogen-bond acceptors (Lipinski definition) is 2. The van der Waals surface area contributed by atoms with Crippen LogP contribution in [-0.4, -0.2) is 22.6 Å². The van der Waals surface area contributed by atoms with Gasteiger partial charge in [-0.15, -0.1) is 0 Å². The quantitative estimate of drug-likeness (QED) is 0.610. The second kappa shape index (κ2) is 8.46. The van der Waals surface area contributed by atoms with Crippen LogP contribution in [0.5, 0.6) is 0 Å². The summed E-state index contributed by atoms with van der Waals surface area (Å²) < 4.78 is 2.17. The molecule has 114 valence electrons. The van der Waals surface area contributed by atoms with Gasteiger partial charge in [-0.05, 0) is 44.2 Å². The molecule has 0 aromatic carbocycles. The van der Waals surface area contributed by atoms with Crippen molar-refractivity contribution in [2.75, 3.05) is 13.1 Å². The van der Waals surface area contributed by atoms with Gasteiger partial charge in [0.15, 0.2) is 0 Å². The van der Waals surface area contributed by atoms with Gasteiger partial charge in [-0.2, -0.15) is 0 Å². The first kappa shape index (κ1) is 15.6. The topological polar surface area (TPSA) is 29.9 Å². The minimum absolute atomic E-state index is 0.879. The average molecular weight is 277 g/mol. The molecule has 1 N–H and O–H groups in total. The van der Waals surface area contributed by atoms with Gasteiger partial charge in [0.1, 0.15) is 5.82 Å². The summed E-state index contributed by atoms with van der Waals surface area (Å²) in [4.78, 5) is 4.47. The summed E-state index contributed by atoms with van der Waals surface area (Å²) in [7, 11) is 2.11. The molecule has 1 aliphatic carbocycles. The zero-order valence-corrected chi connectivity index (χ0v) is 13.3.